The van der Waals surface area contributed by atoms with E-state index in [9.17, 15) is 4.79 Å². The fourth-order valence-electron chi connectivity index (χ4n) is 3.75. The number of allylic oxidation sites excluding steroid dienone is 1. The van der Waals surface area contributed by atoms with Gasteiger partial charge in [-0.05, 0) is 42.8 Å². The topological polar surface area (TPSA) is 51.9 Å². The first-order valence-electron chi connectivity index (χ1n) is 9.33. The van der Waals surface area contributed by atoms with Gasteiger partial charge in [0.25, 0.3) is 0 Å². The SMILES string of the molecule is Cc1c2c(cc3c1O/C(=C\c1ccccc1Cl)C3=O)CN(Cc1ccco1)CO2. The molecule has 0 radical (unpaired) electrons. The van der Waals surface area contributed by atoms with E-state index in [1.165, 1.54) is 0 Å². The van der Waals surface area contributed by atoms with Crippen LogP contribution in [0, 0.1) is 6.92 Å². The number of carbonyl (C=O) groups is 1. The summed E-state index contributed by atoms with van der Waals surface area (Å²) in [4.78, 5) is 15.1. The van der Waals surface area contributed by atoms with E-state index in [-0.39, 0.29) is 11.5 Å². The van der Waals surface area contributed by atoms with Crippen molar-refractivity contribution in [2.75, 3.05) is 6.73 Å². The molecular formula is C23H18ClNO4. The highest BCUT2D eigenvalue weighted by molar-refractivity contribution is 6.32. The number of fused-ring (bicyclic) bond motifs is 2. The first kappa shape index (κ1) is 18.0. The van der Waals surface area contributed by atoms with Gasteiger partial charge in [-0.15, -0.1) is 0 Å². The Morgan fingerprint density at radius 3 is 2.83 bits per heavy atom. The van der Waals surface area contributed by atoms with Gasteiger partial charge in [0.15, 0.2) is 5.76 Å². The number of hydrogen-bond donors (Lipinski definition) is 0. The lowest BCUT2D eigenvalue weighted by Gasteiger charge is -2.29. The number of nitrogens with zero attached hydrogens (tertiary/aromatic N) is 1. The van der Waals surface area contributed by atoms with Crippen molar-refractivity contribution in [3.63, 3.8) is 0 Å². The Kier molecular flexibility index (Phi) is 4.42. The van der Waals surface area contributed by atoms with E-state index in [1.807, 2.05) is 43.3 Å². The van der Waals surface area contributed by atoms with Crippen molar-refractivity contribution in [1.29, 1.82) is 0 Å². The third-order valence-corrected chi connectivity index (χ3v) is 5.50. The first-order chi connectivity index (χ1) is 14.1. The molecular weight excluding hydrogens is 390 g/mol. The molecule has 2 aliphatic rings. The molecule has 3 aromatic rings. The molecule has 0 saturated carbocycles. The molecule has 2 aromatic carbocycles. The standard InChI is InChI=1S/C23H18ClNO4/c1-14-22-16(11-25(13-28-22)12-17-6-4-8-27-17)9-18-21(26)20(29-23(14)18)10-15-5-2-3-7-19(15)24/h2-10H,11-13H2,1H3/b20-10-. The fourth-order valence-corrected chi connectivity index (χ4v) is 3.94. The minimum atomic E-state index is -0.144. The molecule has 0 amide bonds. The Labute approximate surface area is 173 Å². The number of ether oxygens (including phenoxy) is 2. The van der Waals surface area contributed by atoms with Crippen LogP contribution in [-0.4, -0.2) is 17.4 Å². The highest BCUT2D eigenvalue weighted by Gasteiger charge is 2.33. The maximum atomic E-state index is 13.0. The van der Waals surface area contributed by atoms with Gasteiger partial charge in [0.05, 0.1) is 18.4 Å². The number of carbonyl (C=O) groups excluding carboxylic acids is 1. The normalized spacial score (nSPS) is 17.0. The monoisotopic (exact) mass is 407 g/mol. The van der Waals surface area contributed by atoms with Crippen molar-refractivity contribution >= 4 is 23.5 Å². The highest BCUT2D eigenvalue weighted by Crippen LogP contribution is 2.43. The summed E-state index contributed by atoms with van der Waals surface area (Å²) in [6.45, 7) is 3.68. The smallest absolute Gasteiger partial charge is 0.231 e. The molecule has 0 spiro atoms. The summed E-state index contributed by atoms with van der Waals surface area (Å²) in [5, 5.41) is 0.570. The highest BCUT2D eigenvalue weighted by atomic mass is 35.5. The molecule has 2 aliphatic heterocycles. The predicted octanol–water partition coefficient (Wildman–Crippen LogP) is 5.21. The summed E-state index contributed by atoms with van der Waals surface area (Å²) in [5.41, 5.74) is 3.11. The molecule has 0 saturated heterocycles. The van der Waals surface area contributed by atoms with Gasteiger partial charge in [0, 0.05) is 22.7 Å². The summed E-state index contributed by atoms with van der Waals surface area (Å²) >= 11 is 6.23. The number of Topliss-reactive ketones (excluding diaryl/α,β-unsaturated/α-hetero) is 1. The van der Waals surface area contributed by atoms with Gasteiger partial charge in [-0.25, -0.2) is 0 Å². The lowest BCUT2D eigenvalue weighted by molar-refractivity contribution is 0.0813. The van der Waals surface area contributed by atoms with E-state index < -0.39 is 0 Å². The summed E-state index contributed by atoms with van der Waals surface area (Å²) in [5.74, 6) is 2.34. The van der Waals surface area contributed by atoms with Gasteiger partial charge >= 0.3 is 0 Å². The van der Waals surface area contributed by atoms with Crippen molar-refractivity contribution in [1.82, 2.24) is 4.90 Å². The van der Waals surface area contributed by atoms with Crippen LogP contribution in [0.25, 0.3) is 6.08 Å². The number of halogens is 1. The zero-order chi connectivity index (χ0) is 20.0. The predicted molar refractivity (Wildman–Crippen MR) is 109 cm³/mol. The summed E-state index contributed by atoms with van der Waals surface area (Å²) in [7, 11) is 0. The average molecular weight is 408 g/mol. The van der Waals surface area contributed by atoms with Crippen LogP contribution in [0.3, 0.4) is 0 Å². The Morgan fingerprint density at radius 1 is 1.17 bits per heavy atom. The molecule has 5 rings (SSSR count). The van der Waals surface area contributed by atoms with Gasteiger partial charge in [-0.2, -0.15) is 0 Å². The van der Waals surface area contributed by atoms with Crippen molar-refractivity contribution in [2.45, 2.75) is 20.0 Å². The number of rotatable bonds is 3. The van der Waals surface area contributed by atoms with Gasteiger partial charge < -0.3 is 13.9 Å². The van der Waals surface area contributed by atoms with E-state index in [0.29, 0.717) is 36.2 Å². The Hall–Kier alpha value is -3.02. The third-order valence-electron chi connectivity index (χ3n) is 5.15. The molecule has 1 aromatic heterocycles. The van der Waals surface area contributed by atoms with Gasteiger partial charge in [-0.1, -0.05) is 29.8 Å². The second-order valence-electron chi connectivity index (χ2n) is 7.17. The zero-order valence-electron chi connectivity index (χ0n) is 15.8. The molecule has 146 valence electrons. The van der Waals surface area contributed by atoms with Crippen LogP contribution in [0.5, 0.6) is 11.5 Å². The quantitative estimate of drug-likeness (QED) is 0.558. The molecule has 0 atom stereocenters. The van der Waals surface area contributed by atoms with Crippen LogP contribution in [0.2, 0.25) is 5.02 Å². The van der Waals surface area contributed by atoms with Crippen LogP contribution in [0.15, 0.2) is 58.9 Å². The Bertz CT molecular complexity index is 1130. The molecule has 0 bridgehead atoms. The van der Waals surface area contributed by atoms with Crippen molar-refractivity contribution in [2.24, 2.45) is 0 Å². The molecule has 29 heavy (non-hydrogen) atoms. The number of ketones is 1. The van der Waals surface area contributed by atoms with E-state index in [4.69, 9.17) is 25.5 Å². The molecule has 0 N–H and O–H groups in total. The molecule has 6 heteroatoms. The molecule has 0 fully saturated rings. The summed E-state index contributed by atoms with van der Waals surface area (Å²) < 4.78 is 17.4. The summed E-state index contributed by atoms with van der Waals surface area (Å²) in [6, 6.07) is 13.0. The first-order valence-corrected chi connectivity index (χ1v) is 9.71. The van der Waals surface area contributed by atoms with Crippen LogP contribution >= 0.6 is 11.6 Å². The molecule has 5 nitrogen and oxygen atoms in total. The Morgan fingerprint density at radius 2 is 2.03 bits per heavy atom. The second kappa shape index (κ2) is 7.10. The average Bonchev–Trinajstić information content (AvgIpc) is 3.33. The maximum Gasteiger partial charge on any atom is 0.231 e. The van der Waals surface area contributed by atoms with Crippen LogP contribution in [0.4, 0.5) is 0 Å². The lowest BCUT2D eigenvalue weighted by Crippen LogP contribution is -2.31. The number of hydrogen-bond acceptors (Lipinski definition) is 5. The Balaban J connectivity index is 1.46. The van der Waals surface area contributed by atoms with E-state index in [0.717, 1.165) is 28.2 Å². The van der Waals surface area contributed by atoms with Crippen molar-refractivity contribution in [3.05, 3.63) is 87.5 Å². The molecule has 0 aliphatic carbocycles. The lowest BCUT2D eigenvalue weighted by atomic mass is 10.00. The maximum absolute atomic E-state index is 13.0. The van der Waals surface area contributed by atoms with Gasteiger partial charge in [0.1, 0.15) is 24.0 Å². The second-order valence-corrected chi connectivity index (χ2v) is 7.57. The summed E-state index contributed by atoms with van der Waals surface area (Å²) in [6.07, 6.45) is 3.35. The molecule has 3 heterocycles. The number of benzene rings is 2. The van der Waals surface area contributed by atoms with Crippen LogP contribution in [-0.2, 0) is 13.1 Å². The fraction of sp³-hybridized carbons (Fsp3) is 0.174. The third kappa shape index (κ3) is 3.22. The van der Waals surface area contributed by atoms with E-state index in [2.05, 4.69) is 4.90 Å². The largest absolute Gasteiger partial charge is 0.477 e. The van der Waals surface area contributed by atoms with Crippen LogP contribution in [0.1, 0.15) is 32.8 Å². The van der Waals surface area contributed by atoms with Gasteiger partial charge in [-0.3, -0.25) is 9.69 Å². The van der Waals surface area contributed by atoms with Gasteiger partial charge in [0.2, 0.25) is 5.78 Å². The molecule has 0 unspecified atom stereocenters. The minimum absolute atomic E-state index is 0.144. The number of furan rings is 1. The van der Waals surface area contributed by atoms with Crippen molar-refractivity contribution in [3.8, 4) is 11.5 Å². The van der Waals surface area contributed by atoms with Crippen LogP contribution < -0.4 is 9.47 Å². The van der Waals surface area contributed by atoms with E-state index in [1.54, 1.807) is 18.4 Å². The minimum Gasteiger partial charge on any atom is -0.477 e. The van der Waals surface area contributed by atoms with Crippen molar-refractivity contribution < 1.29 is 18.7 Å². The zero-order valence-corrected chi connectivity index (χ0v) is 16.5. The van der Waals surface area contributed by atoms with E-state index >= 15 is 0 Å².